The molecule has 0 saturated carbocycles. The van der Waals surface area contributed by atoms with Gasteiger partial charge in [-0.25, -0.2) is 0 Å². The van der Waals surface area contributed by atoms with Crippen LogP contribution in [0.1, 0.15) is 10.4 Å². The fourth-order valence-electron chi connectivity index (χ4n) is 2.01. The smallest absolute Gasteiger partial charge is 0.306 e. The van der Waals surface area contributed by atoms with Gasteiger partial charge in [0.25, 0.3) is 12.1 Å². The number of ether oxygens (including phenoxy) is 1. The quantitative estimate of drug-likeness (QED) is 0.851. The molecule has 8 heteroatoms. The zero-order valence-electron chi connectivity index (χ0n) is 11.2. The Morgan fingerprint density at radius 2 is 2.10 bits per heavy atom. The number of carbonyl (C=O) groups excluding carboxylic acids is 1. The SMILES string of the molecule is O=C(Nc1c[n+](N2CCOCC2)no1)c1ccccc1Cl. The summed E-state index contributed by atoms with van der Waals surface area (Å²) in [4.78, 5) is 13.7. The van der Waals surface area contributed by atoms with Gasteiger partial charge in [-0.05, 0) is 12.1 Å². The molecule has 2 aromatic rings. The van der Waals surface area contributed by atoms with Crippen LogP contribution in [0.25, 0.3) is 0 Å². The Hall–Kier alpha value is -2.12. The van der Waals surface area contributed by atoms with E-state index in [4.69, 9.17) is 20.9 Å². The zero-order chi connectivity index (χ0) is 14.7. The molecule has 1 aromatic heterocycles. The molecule has 1 fully saturated rings. The molecule has 0 atom stereocenters. The highest BCUT2D eigenvalue weighted by Crippen LogP contribution is 2.16. The lowest BCUT2D eigenvalue weighted by Crippen LogP contribution is -2.62. The number of carbonyl (C=O) groups is 1. The van der Waals surface area contributed by atoms with Crippen molar-refractivity contribution in [1.82, 2.24) is 5.27 Å². The van der Waals surface area contributed by atoms with Gasteiger partial charge in [-0.2, -0.15) is 0 Å². The van der Waals surface area contributed by atoms with Crippen molar-refractivity contribution in [3.8, 4) is 0 Å². The average molecular weight is 310 g/mol. The number of nitrogens with zero attached hydrogens (tertiary/aromatic N) is 3. The number of amides is 1. The maximum atomic E-state index is 12.1. The molecule has 1 amide bonds. The second kappa shape index (κ2) is 6.11. The summed E-state index contributed by atoms with van der Waals surface area (Å²) in [6.07, 6.45) is 1.61. The molecule has 0 radical (unpaired) electrons. The number of aromatic nitrogens is 2. The molecule has 3 rings (SSSR count). The summed E-state index contributed by atoms with van der Waals surface area (Å²) in [5.41, 5.74) is 0.383. The molecule has 110 valence electrons. The molecule has 1 aliphatic heterocycles. The van der Waals surface area contributed by atoms with Gasteiger partial charge in [0.15, 0.2) is 0 Å². The number of hydrogen-bond donors (Lipinski definition) is 1. The first-order valence-corrected chi connectivity index (χ1v) is 6.89. The van der Waals surface area contributed by atoms with Gasteiger partial charge in [0.1, 0.15) is 0 Å². The van der Waals surface area contributed by atoms with Crippen molar-refractivity contribution < 1.29 is 18.8 Å². The van der Waals surface area contributed by atoms with Crippen LogP contribution in [-0.4, -0.2) is 37.5 Å². The van der Waals surface area contributed by atoms with Crippen LogP contribution in [0, 0.1) is 0 Å². The number of morpholine rings is 1. The van der Waals surface area contributed by atoms with E-state index in [1.165, 1.54) is 0 Å². The van der Waals surface area contributed by atoms with Crippen LogP contribution < -0.4 is 15.1 Å². The summed E-state index contributed by atoms with van der Waals surface area (Å²) < 4.78 is 10.4. The maximum Gasteiger partial charge on any atom is 0.306 e. The van der Waals surface area contributed by atoms with Crippen LogP contribution in [0.4, 0.5) is 5.88 Å². The molecule has 0 aliphatic carbocycles. The fourth-order valence-corrected chi connectivity index (χ4v) is 2.23. The highest BCUT2D eigenvalue weighted by molar-refractivity contribution is 6.34. The average Bonchev–Trinajstić information content (AvgIpc) is 2.97. The van der Waals surface area contributed by atoms with Gasteiger partial charge in [-0.1, -0.05) is 23.7 Å². The third-order valence-corrected chi connectivity index (χ3v) is 3.42. The van der Waals surface area contributed by atoms with E-state index in [0.717, 1.165) is 13.1 Å². The largest absolute Gasteiger partial charge is 0.377 e. The summed E-state index contributed by atoms with van der Waals surface area (Å²) in [7, 11) is 0. The molecule has 0 spiro atoms. The van der Waals surface area contributed by atoms with Gasteiger partial charge in [0, 0.05) is 0 Å². The van der Waals surface area contributed by atoms with Crippen molar-refractivity contribution in [3.05, 3.63) is 41.0 Å². The van der Waals surface area contributed by atoms with E-state index in [1.54, 1.807) is 35.3 Å². The van der Waals surface area contributed by atoms with Gasteiger partial charge in [0.2, 0.25) is 5.27 Å². The Morgan fingerprint density at radius 3 is 2.86 bits per heavy atom. The summed E-state index contributed by atoms with van der Waals surface area (Å²) in [6, 6.07) is 6.81. The Labute approximate surface area is 126 Å². The maximum absolute atomic E-state index is 12.1. The van der Waals surface area contributed by atoms with E-state index in [9.17, 15) is 4.79 Å². The molecule has 1 aliphatic rings. The number of rotatable bonds is 3. The van der Waals surface area contributed by atoms with Crippen LogP contribution in [0.2, 0.25) is 5.02 Å². The number of benzene rings is 1. The summed E-state index contributed by atoms with van der Waals surface area (Å²) >= 11 is 5.98. The number of hydrogen-bond acceptors (Lipinski definition) is 5. The second-order valence-corrected chi connectivity index (χ2v) is 4.89. The summed E-state index contributed by atoms with van der Waals surface area (Å²) in [5.74, 6) is -0.0858. The minimum absolute atomic E-state index is 0.256. The molecular weight excluding hydrogens is 296 g/mol. The number of nitrogens with one attached hydrogen (secondary N) is 1. The zero-order valence-corrected chi connectivity index (χ0v) is 11.9. The van der Waals surface area contributed by atoms with E-state index < -0.39 is 0 Å². The van der Waals surface area contributed by atoms with Gasteiger partial charge < -0.3 is 4.74 Å². The van der Waals surface area contributed by atoms with E-state index >= 15 is 0 Å². The van der Waals surface area contributed by atoms with Gasteiger partial charge >= 0.3 is 5.88 Å². The standard InChI is InChI=1S/C13H13ClN4O3/c14-11-4-2-1-3-10(11)13(19)15-12-9-18(16-21-12)17-5-7-20-8-6-17/h1-4,9H,5-8H2/p+1. The van der Waals surface area contributed by atoms with Crippen LogP contribution in [0.15, 0.2) is 35.0 Å². The Morgan fingerprint density at radius 1 is 1.33 bits per heavy atom. The molecule has 7 nitrogen and oxygen atoms in total. The first-order chi connectivity index (χ1) is 10.2. The second-order valence-electron chi connectivity index (χ2n) is 4.49. The lowest BCUT2D eigenvalue weighted by atomic mass is 10.2. The predicted octanol–water partition coefficient (Wildman–Crippen LogP) is 0.836. The lowest BCUT2D eigenvalue weighted by Gasteiger charge is -2.18. The van der Waals surface area contributed by atoms with Crippen LogP contribution in [-0.2, 0) is 4.74 Å². The molecule has 1 aromatic carbocycles. The van der Waals surface area contributed by atoms with Crippen LogP contribution >= 0.6 is 11.6 Å². The van der Waals surface area contributed by atoms with E-state index in [0.29, 0.717) is 23.8 Å². The molecule has 1 saturated heterocycles. The molecular formula is C13H14ClN4O3+. The van der Waals surface area contributed by atoms with Crippen molar-refractivity contribution in [2.75, 3.05) is 36.6 Å². The normalized spacial score (nSPS) is 15.0. The Bertz CT molecular complexity index is 640. The minimum atomic E-state index is -0.342. The van der Waals surface area contributed by atoms with Crippen molar-refractivity contribution in [3.63, 3.8) is 0 Å². The number of anilines is 1. The van der Waals surface area contributed by atoms with E-state index in [1.807, 2.05) is 5.01 Å². The first-order valence-electron chi connectivity index (χ1n) is 6.51. The highest BCUT2D eigenvalue weighted by atomic mass is 35.5. The highest BCUT2D eigenvalue weighted by Gasteiger charge is 2.24. The summed E-state index contributed by atoms with van der Waals surface area (Å²) in [6.45, 7) is 2.71. The van der Waals surface area contributed by atoms with E-state index in [-0.39, 0.29) is 11.8 Å². The van der Waals surface area contributed by atoms with Crippen LogP contribution in [0.5, 0.6) is 0 Å². The molecule has 0 bridgehead atoms. The van der Waals surface area contributed by atoms with Crippen molar-refractivity contribution in [2.24, 2.45) is 0 Å². The lowest BCUT2D eigenvalue weighted by molar-refractivity contribution is -0.759. The van der Waals surface area contributed by atoms with Crippen molar-refractivity contribution in [1.29, 1.82) is 0 Å². The molecule has 0 unspecified atom stereocenters. The minimum Gasteiger partial charge on any atom is -0.377 e. The Kier molecular flexibility index (Phi) is 4.03. The fraction of sp³-hybridized carbons (Fsp3) is 0.308. The third kappa shape index (κ3) is 3.14. The van der Waals surface area contributed by atoms with E-state index in [2.05, 4.69) is 10.6 Å². The number of halogens is 1. The molecule has 1 N–H and O–H groups in total. The Balaban J connectivity index is 1.69. The van der Waals surface area contributed by atoms with Crippen molar-refractivity contribution in [2.45, 2.75) is 0 Å². The van der Waals surface area contributed by atoms with Crippen LogP contribution in [0.3, 0.4) is 0 Å². The van der Waals surface area contributed by atoms with Gasteiger partial charge in [-0.15, -0.1) is 5.01 Å². The molecule has 2 heterocycles. The first kappa shape index (κ1) is 13.8. The monoisotopic (exact) mass is 309 g/mol. The van der Waals surface area contributed by atoms with Crippen molar-refractivity contribution >= 4 is 23.4 Å². The summed E-state index contributed by atoms with van der Waals surface area (Å²) in [5, 5.41) is 8.84. The van der Waals surface area contributed by atoms with Gasteiger partial charge in [-0.3, -0.25) is 14.6 Å². The topological polar surface area (TPSA) is 71.5 Å². The van der Waals surface area contributed by atoms with Gasteiger partial charge in [0.05, 0.1) is 41.7 Å². The third-order valence-electron chi connectivity index (χ3n) is 3.09. The predicted molar refractivity (Wildman–Crippen MR) is 74.9 cm³/mol. The molecule has 21 heavy (non-hydrogen) atoms.